The Morgan fingerprint density at radius 2 is 1.91 bits per heavy atom. The molecule has 1 amide bonds. The Hall–Kier alpha value is -1.95. The summed E-state index contributed by atoms with van der Waals surface area (Å²) in [4.78, 5) is 23.2. The van der Waals surface area contributed by atoms with Crippen LogP contribution in [0.2, 0.25) is 0 Å². The quantitative estimate of drug-likeness (QED) is 0.746. The zero-order valence-corrected chi connectivity index (χ0v) is 13.3. The molecule has 118 valence electrons. The van der Waals surface area contributed by atoms with Gasteiger partial charge in [0.1, 0.15) is 0 Å². The van der Waals surface area contributed by atoms with Crippen LogP contribution in [0.5, 0.6) is 0 Å². The van der Waals surface area contributed by atoms with Crippen molar-refractivity contribution in [2.75, 3.05) is 5.32 Å². The molecule has 0 aliphatic heterocycles. The molecule has 1 aromatic rings. The number of carbonyl (C=O) groups excluding carboxylic acids is 1. The molecule has 0 aromatic heterocycles. The summed E-state index contributed by atoms with van der Waals surface area (Å²) in [5.41, 5.74) is 1.39. The minimum Gasteiger partial charge on any atom is -0.478 e. The maximum Gasteiger partial charge on any atom is 0.336 e. The van der Waals surface area contributed by atoms with Crippen molar-refractivity contribution in [3.8, 4) is 0 Å². The van der Waals surface area contributed by atoms with Gasteiger partial charge >= 0.3 is 5.97 Å². The van der Waals surface area contributed by atoms with Crippen LogP contribution in [0.15, 0.2) is 18.2 Å². The summed E-state index contributed by atoms with van der Waals surface area (Å²) in [6.07, 6.45) is 5.16. The second-order valence-electron chi connectivity index (χ2n) is 5.56. The summed E-state index contributed by atoms with van der Waals surface area (Å²) >= 11 is 5.16. The summed E-state index contributed by atoms with van der Waals surface area (Å²) in [6.45, 7) is 1.71. The zero-order chi connectivity index (χ0) is 16.1. The van der Waals surface area contributed by atoms with E-state index >= 15 is 0 Å². The number of hydrogen-bond donors (Lipinski definition) is 3. The summed E-state index contributed by atoms with van der Waals surface area (Å²) in [5, 5.41) is 14.9. The Morgan fingerprint density at radius 1 is 1.23 bits per heavy atom. The number of thiocarbonyl (C=S) groups is 1. The molecular weight excluding hydrogens is 300 g/mol. The van der Waals surface area contributed by atoms with Gasteiger partial charge < -0.3 is 15.7 Å². The number of hydrogen-bond acceptors (Lipinski definition) is 3. The Balaban J connectivity index is 1.98. The average Bonchev–Trinajstić information content (AvgIpc) is 2.50. The van der Waals surface area contributed by atoms with Gasteiger partial charge in [0.2, 0.25) is 5.91 Å². The Bertz CT molecular complexity index is 595. The topological polar surface area (TPSA) is 78.4 Å². The standard InChI is InChI=1S/C16H20N2O3S/c1-10-12(15(20)21)8-5-9-13(10)17-16(22)18-14(19)11-6-3-2-4-7-11/h5,8-9,11H,2-4,6-7H2,1H3,(H,20,21)(H2,17,18,19,22). The first-order valence-corrected chi connectivity index (χ1v) is 7.84. The molecule has 0 heterocycles. The van der Waals surface area contributed by atoms with Gasteiger partial charge in [-0.05, 0) is 49.7 Å². The van der Waals surface area contributed by atoms with E-state index in [0.29, 0.717) is 11.3 Å². The van der Waals surface area contributed by atoms with Crippen molar-refractivity contribution in [2.45, 2.75) is 39.0 Å². The first-order chi connectivity index (χ1) is 10.5. The lowest BCUT2D eigenvalue weighted by Gasteiger charge is -2.21. The molecule has 3 N–H and O–H groups in total. The van der Waals surface area contributed by atoms with E-state index in [0.717, 1.165) is 25.7 Å². The van der Waals surface area contributed by atoms with Crippen LogP contribution in [0, 0.1) is 12.8 Å². The summed E-state index contributed by atoms with van der Waals surface area (Å²) in [5.74, 6) is -1.01. The van der Waals surface area contributed by atoms with Crippen LogP contribution < -0.4 is 10.6 Å². The highest BCUT2D eigenvalue weighted by molar-refractivity contribution is 7.80. The minimum atomic E-state index is -0.988. The van der Waals surface area contributed by atoms with Crippen LogP contribution in [-0.2, 0) is 4.79 Å². The Kier molecular flexibility index (Phi) is 5.49. The monoisotopic (exact) mass is 320 g/mol. The normalized spacial score (nSPS) is 15.1. The van der Waals surface area contributed by atoms with E-state index in [9.17, 15) is 9.59 Å². The number of nitrogens with one attached hydrogen (secondary N) is 2. The Morgan fingerprint density at radius 3 is 2.55 bits per heavy atom. The number of carboxylic acids is 1. The van der Waals surface area contributed by atoms with E-state index < -0.39 is 5.97 Å². The molecule has 1 aliphatic rings. The molecule has 0 spiro atoms. The van der Waals surface area contributed by atoms with Crippen LogP contribution in [-0.4, -0.2) is 22.1 Å². The fourth-order valence-electron chi connectivity index (χ4n) is 2.74. The molecule has 1 aliphatic carbocycles. The lowest BCUT2D eigenvalue weighted by molar-refractivity contribution is -0.124. The molecule has 5 nitrogen and oxygen atoms in total. The largest absolute Gasteiger partial charge is 0.478 e. The number of aromatic carboxylic acids is 1. The molecule has 22 heavy (non-hydrogen) atoms. The lowest BCUT2D eigenvalue weighted by atomic mass is 9.89. The average molecular weight is 320 g/mol. The van der Waals surface area contributed by atoms with Gasteiger partial charge in [-0.3, -0.25) is 4.79 Å². The van der Waals surface area contributed by atoms with Crippen LogP contribution in [0.4, 0.5) is 5.69 Å². The predicted molar refractivity (Wildman–Crippen MR) is 89.1 cm³/mol. The molecule has 1 fully saturated rings. The molecule has 0 saturated heterocycles. The molecule has 0 atom stereocenters. The van der Waals surface area contributed by atoms with Crippen LogP contribution in [0.25, 0.3) is 0 Å². The first-order valence-electron chi connectivity index (χ1n) is 7.44. The third-order valence-corrected chi connectivity index (χ3v) is 4.23. The second kappa shape index (κ2) is 7.35. The van der Waals surface area contributed by atoms with Gasteiger partial charge in [-0.1, -0.05) is 25.3 Å². The van der Waals surface area contributed by atoms with Crippen LogP contribution in [0.3, 0.4) is 0 Å². The van der Waals surface area contributed by atoms with Crippen LogP contribution >= 0.6 is 12.2 Å². The third-order valence-electron chi connectivity index (χ3n) is 4.03. The lowest BCUT2D eigenvalue weighted by Crippen LogP contribution is -2.39. The molecule has 0 radical (unpaired) electrons. The van der Waals surface area contributed by atoms with Crippen molar-refractivity contribution in [1.82, 2.24) is 5.32 Å². The summed E-state index contributed by atoms with van der Waals surface area (Å²) in [7, 11) is 0. The van der Waals surface area contributed by atoms with E-state index in [4.69, 9.17) is 17.3 Å². The molecule has 1 saturated carbocycles. The van der Waals surface area contributed by atoms with Crippen molar-refractivity contribution >= 4 is 34.9 Å². The molecular formula is C16H20N2O3S. The van der Waals surface area contributed by atoms with Gasteiger partial charge in [0.05, 0.1) is 5.56 Å². The van der Waals surface area contributed by atoms with Gasteiger partial charge in [-0.15, -0.1) is 0 Å². The van der Waals surface area contributed by atoms with E-state index in [2.05, 4.69) is 10.6 Å². The maximum atomic E-state index is 12.1. The molecule has 2 rings (SSSR count). The SMILES string of the molecule is Cc1c(NC(=S)NC(=O)C2CCCCC2)cccc1C(=O)O. The van der Waals surface area contributed by atoms with Gasteiger partial charge in [0, 0.05) is 11.6 Å². The molecule has 0 unspecified atom stereocenters. The highest BCUT2D eigenvalue weighted by Crippen LogP contribution is 2.24. The van der Waals surface area contributed by atoms with E-state index in [1.807, 2.05) is 0 Å². The van der Waals surface area contributed by atoms with Crippen molar-refractivity contribution < 1.29 is 14.7 Å². The third kappa shape index (κ3) is 4.04. The zero-order valence-electron chi connectivity index (χ0n) is 12.5. The first kappa shape index (κ1) is 16.4. The molecule has 0 bridgehead atoms. The van der Waals surface area contributed by atoms with Gasteiger partial charge in [0.15, 0.2) is 5.11 Å². The summed E-state index contributed by atoms with van der Waals surface area (Å²) < 4.78 is 0. The number of rotatable bonds is 3. The van der Waals surface area contributed by atoms with Crippen molar-refractivity contribution in [3.05, 3.63) is 29.3 Å². The number of carboxylic acid groups (broad SMARTS) is 1. The Labute approximate surface area is 135 Å². The summed E-state index contributed by atoms with van der Waals surface area (Å²) in [6, 6.07) is 4.91. The number of amides is 1. The smallest absolute Gasteiger partial charge is 0.336 e. The van der Waals surface area contributed by atoms with Crippen molar-refractivity contribution in [3.63, 3.8) is 0 Å². The predicted octanol–water partition coefficient (Wildman–Crippen LogP) is 3.09. The van der Waals surface area contributed by atoms with Gasteiger partial charge in [-0.2, -0.15) is 0 Å². The van der Waals surface area contributed by atoms with Crippen molar-refractivity contribution in [2.24, 2.45) is 5.92 Å². The van der Waals surface area contributed by atoms with E-state index in [1.165, 1.54) is 12.5 Å². The highest BCUT2D eigenvalue weighted by Gasteiger charge is 2.22. The second-order valence-corrected chi connectivity index (χ2v) is 5.97. The number of carbonyl (C=O) groups is 2. The van der Waals surface area contributed by atoms with Crippen LogP contribution in [0.1, 0.15) is 48.0 Å². The minimum absolute atomic E-state index is 0.0277. The molecule has 1 aromatic carbocycles. The maximum absolute atomic E-state index is 12.1. The number of benzene rings is 1. The van der Waals surface area contributed by atoms with Gasteiger partial charge in [-0.25, -0.2) is 4.79 Å². The highest BCUT2D eigenvalue weighted by atomic mass is 32.1. The number of anilines is 1. The van der Waals surface area contributed by atoms with E-state index in [1.54, 1.807) is 19.1 Å². The van der Waals surface area contributed by atoms with Crippen molar-refractivity contribution in [1.29, 1.82) is 0 Å². The fourth-order valence-corrected chi connectivity index (χ4v) is 2.95. The van der Waals surface area contributed by atoms with E-state index in [-0.39, 0.29) is 22.5 Å². The molecule has 6 heteroatoms. The fraction of sp³-hybridized carbons (Fsp3) is 0.438. The van der Waals surface area contributed by atoms with Gasteiger partial charge in [0.25, 0.3) is 0 Å².